The third-order valence-electron chi connectivity index (χ3n) is 3.25. The lowest BCUT2D eigenvalue weighted by Gasteiger charge is -2.09. The van der Waals surface area contributed by atoms with E-state index in [4.69, 9.17) is 0 Å². The van der Waals surface area contributed by atoms with Crippen molar-refractivity contribution in [3.8, 4) is 0 Å². The quantitative estimate of drug-likeness (QED) is 0.668. The molecule has 1 amide bonds. The lowest BCUT2D eigenvalue weighted by molar-refractivity contribution is 0.0955. The summed E-state index contributed by atoms with van der Waals surface area (Å²) < 4.78 is 0. The van der Waals surface area contributed by atoms with E-state index in [0.29, 0.717) is 6.54 Å². The van der Waals surface area contributed by atoms with E-state index in [1.165, 1.54) is 4.90 Å². The Morgan fingerprint density at radius 3 is 2.55 bits per heavy atom. The van der Waals surface area contributed by atoms with Crippen molar-refractivity contribution in [2.24, 2.45) is 0 Å². The average molecular weight is 285 g/mol. The number of rotatable bonds is 5. The first-order valence-corrected chi connectivity index (χ1v) is 7.69. The topological polar surface area (TPSA) is 29.1 Å². The fourth-order valence-corrected chi connectivity index (χ4v) is 2.73. The first-order chi connectivity index (χ1) is 9.68. The fourth-order valence-electron chi connectivity index (χ4n) is 1.94. The van der Waals surface area contributed by atoms with Crippen molar-refractivity contribution in [2.45, 2.75) is 18.7 Å². The SMILES string of the molecule is Cc1cccc(C(=O)NCCSc2ccccc2)c1C. The first-order valence-electron chi connectivity index (χ1n) is 6.71. The second kappa shape index (κ2) is 7.15. The zero-order chi connectivity index (χ0) is 14.4. The molecule has 0 aliphatic heterocycles. The smallest absolute Gasteiger partial charge is 0.251 e. The first kappa shape index (κ1) is 14.7. The molecule has 0 saturated carbocycles. The van der Waals surface area contributed by atoms with Crippen LogP contribution in [0.5, 0.6) is 0 Å². The van der Waals surface area contributed by atoms with Gasteiger partial charge in [-0.25, -0.2) is 0 Å². The Morgan fingerprint density at radius 1 is 1.05 bits per heavy atom. The molecule has 2 aromatic carbocycles. The highest BCUT2D eigenvalue weighted by atomic mass is 32.2. The fraction of sp³-hybridized carbons (Fsp3) is 0.235. The molecule has 2 nitrogen and oxygen atoms in total. The number of nitrogens with one attached hydrogen (secondary N) is 1. The van der Waals surface area contributed by atoms with Gasteiger partial charge < -0.3 is 5.32 Å². The molecule has 0 aliphatic rings. The van der Waals surface area contributed by atoms with E-state index >= 15 is 0 Å². The molecule has 1 N–H and O–H groups in total. The van der Waals surface area contributed by atoms with Gasteiger partial charge in [0.2, 0.25) is 0 Å². The number of benzene rings is 2. The third-order valence-corrected chi connectivity index (χ3v) is 4.26. The maximum Gasteiger partial charge on any atom is 0.251 e. The van der Waals surface area contributed by atoms with Gasteiger partial charge in [-0.2, -0.15) is 0 Å². The Kier molecular flexibility index (Phi) is 5.24. The number of aryl methyl sites for hydroxylation is 1. The van der Waals surface area contributed by atoms with Crippen molar-refractivity contribution < 1.29 is 4.79 Å². The predicted molar refractivity (Wildman–Crippen MR) is 85.4 cm³/mol. The standard InChI is InChI=1S/C17H19NOS/c1-13-7-6-10-16(14(13)2)17(19)18-11-12-20-15-8-4-3-5-9-15/h3-10H,11-12H2,1-2H3,(H,18,19). The van der Waals surface area contributed by atoms with Gasteiger partial charge >= 0.3 is 0 Å². The molecule has 0 fully saturated rings. The number of amides is 1. The second-order valence-electron chi connectivity index (χ2n) is 4.66. The normalized spacial score (nSPS) is 10.3. The van der Waals surface area contributed by atoms with Crippen molar-refractivity contribution >= 4 is 17.7 Å². The molecule has 2 aromatic rings. The highest BCUT2D eigenvalue weighted by molar-refractivity contribution is 7.99. The van der Waals surface area contributed by atoms with Gasteiger partial charge in [0.05, 0.1) is 0 Å². The van der Waals surface area contributed by atoms with Crippen LogP contribution in [-0.2, 0) is 0 Å². The zero-order valence-electron chi connectivity index (χ0n) is 11.8. The largest absolute Gasteiger partial charge is 0.351 e. The minimum atomic E-state index is 0.0138. The van der Waals surface area contributed by atoms with E-state index in [9.17, 15) is 4.79 Å². The summed E-state index contributed by atoms with van der Waals surface area (Å²) in [6.45, 7) is 4.69. The van der Waals surface area contributed by atoms with Gasteiger partial charge in [-0.3, -0.25) is 4.79 Å². The third kappa shape index (κ3) is 3.87. The van der Waals surface area contributed by atoms with E-state index in [1.807, 2.05) is 50.2 Å². The summed E-state index contributed by atoms with van der Waals surface area (Å²) in [6, 6.07) is 16.0. The van der Waals surface area contributed by atoms with Crippen molar-refractivity contribution in [3.05, 3.63) is 65.2 Å². The van der Waals surface area contributed by atoms with Crippen LogP contribution < -0.4 is 5.32 Å². The van der Waals surface area contributed by atoms with Crippen molar-refractivity contribution in [3.63, 3.8) is 0 Å². The van der Waals surface area contributed by atoms with Gasteiger partial charge in [-0.15, -0.1) is 11.8 Å². The summed E-state index contributed by atoms with van der Waals surface area (Å²) in [5.74, 6) is 0.889. The second-order valence-corrected chi connectivity index (χ2v) is 5.83. The van der Waals surface area contributed by atoms with Gasteiger partial charge in [0.15, 0.2) is 0 Å². The number of hydrogen-bond acceptors (Lipinski definition) is 2. The summed E-state index contributed by atoms with van der Waals surface area (Å²) >= 11 is 1.75. The molecule has 0 heterocycles. The van der Waals surface area contributed by atoms with Crippen molar-refractivity contribution in [1.82, 2.24) is 5.32 Å². The molecule has 3 heteroatoms. The lowest BCUT2D eigenvalue weighted by Crippen LogP contribution is -2.26. The highest BCUT2D eigenvalue weighted by Crippen LogP contribution is 2.16. The molecule has 0 radical (unpaired) electrons. The summed E-state index contributed by atoms with van der Waals surface area (Å²) in [6.07, 6.45) is 0. The van der Waals surface area contributed by atoms with Crippen LogP contribution in [0.3, 0.4) is 0 Å². The Balaban J connectivity index is 1.82. The van der Waals surface area contributed by atoms with Gasteiger partial charge in [-0.05, 0) is 43.2 Å². The zero-order valence-corrected chi connectivity index (χ0v) is 12.7. The van der Waals surface area contributed by atoms with Gasteiger partial charge in [-0.1, -0.05) is 30.3 Å². The van der Waals surface area contributed by atoms with Gasteiger partial charge in [0.25, 0.3) is 5.91 Å². The number of thioether (sulfide) groups is 1. The maximum atomic E-state index is 12.1. The molecule has 2 rings (SSSR count). The minimum Gasteiger partial charge on any atom is -0.351 e. The lowest BCUT2D eigenvalue weighted by atomic mass is 10.0. The molecular weight excluding hydrogens is 266 g/mol. The molecule has 0 saturated heterocycles. The van der Waals surface area contributed by atoms with Crippen LogP contribution >= 0.6 is 11.8 Å². The van der Waals surface area contributed by atoms with Gasteiger partial charge in [0, 0.05) is 22.8 Å². The summed E-state index contributed by atoms with van der Waals surface area (Å²) in [4.78, 5) is 13.3. The van der Waals surface area contributed by atoms with Crippen LogP contribution in [0.15, 0.2) is 53.4 Å². The molecule has 0 spiro atoms. The Morgan fingerprint density at radius 2 is 1.80 bits per heavy atom. The highest BCUT2D eigenvalue weighted by Gasteiger charge is 2.09. The Hall–Kier alpha value is -1.74. The van der Waals surface area contributed by atoms with E-state index < -0.39 is 0 Å². The van der Waals surface area contributed by atoms with E-state index in [0.717, 1.165) is 22.4 Å². The number of hydrogen-bond donors (Lipinski definition) is 1. The summed E-state index contributed by atoms with van der Waals surface area (Å²) in [7, 11) is 0. The minimum absolute atomic E-state index is 0.0138. The van der Waals surface area contributed by atoms with Crippen LogP contribution in [0, 0.1) is 13.8 Å². The Bertz CT molecular complexity index is 581. The molecule has 0 aromatic heterocycles. The van der Waals surface area contributed by atoms with E-state index in [1.54, 1.807) is 11.8 Å². The monoisotopic (exact) mass is 285 g/mol. The van der Waals surface area contributed by atoms with Crippen LogP contribution in [-0.4, -0.2) is 18.2 Å². The van der Waals surface area contributed by atoms with Crippen molar-refractivity contribution in [2.75, 3.05) is 12.3 Å². The number of carbonyl (C=O) groups is 1. The summed E-state index contributed by atoms with van der Waals surface area (Å²) in [5, 5.41) is 2.98. The van der Waals surface area contributed by atoms with Crippen LogP contribution in [0.2, 0.25) is 0 Å². The number of carbonyl (C=O) groups excluding carboxylic acids is 1. The van der Waals surface area contributed by atoms with Crippen LogP contribution in [0.25, 0.3) is 0 Å². The molecule has 0 bridgehead atoms. The van der Waals surface area contributed by atoms with Crippen LogP contribution in [0.1, 0.15) is 21.5 Å². The van der Waals surface area contributed by atoms with E-state index in [-0.39, 0.29) is 5.91 Å². The van der Waals surface area contributed by atoms with Crippen molar-refractivity contribution in [1.29, 1.82) is 0 Å². The maximum absolute atomic E-state index is 12.1. The molecule has 20 heavy (non-hydrogen) atoms. The Labute approximate surface area is 124 Å². The van der Waals surface area contributed by atoms with Gasteiger partial charge in [0.1, 0.15) is 0 Å². The predicted octanol–water partition coefficient (Wildman–Crippen LogP) is 3.83. The molecule has 0 aliphatic carbocycles. The average Bonchev–Trinajstić information content (AvgIpc) is 2.47. The molecule has 0 unspecified atom stereocenters. The molecule has 0 atom stereocenters. The van der Waals surface area contributed by atoms with Crippen LogP contribution in [0.4, 0.5) is 0 Å². The molecule has 104 valence electrons. The van der Waals surface area contributed by atoms with E-state index in [2.05, 4.69) is 17.4 Å². The molecular formula is C17H19NOS. The summed E-state index contributed by atoms with van der Waals surface area (Å²) in [5.41, 5.74) is 2.98.